The Morgan fingerprint density at radius 2 is 1.54 bits per heavy atom. The highest BCUT2D eigenvalue weighted by Crippen LogP contribution is 2.41. The lowest BCUT2D eigenvalue weighted by molar-refractivity contribution is -0.438. The molecular formula is C27H35N2O5S+. The topological polar surface area (TPSA) is 104 Å². The van der Waals surface area contributed by atoms with Crippen LogP contribution in [0.25, 0.3) is 11.1 Å². The van der Waals surface area contributed by atoms with Gasteiger partial charge in [-0.2, -0.15) is 13.0 Å². The molecule has 0 bridgehead atoms. The van der Waals surface area contributed by atoms with E-state index in [1.54, 1.807) is 12.1 Å². The number of carbonyl (C=O) groups is 2. The Kier molecular flexibility index (Phi) is 8.07. The Morgan fingerprint density at radius 1 is 0.971 bits per heavy atom. The first-order valence-electron chi connectivity index (χ1n) is 12.2. The minimum atomic E-state index is -4.01. The summed E-state index contributed by atoms with van der Waals surface area (Å²) < 4.78 is 33.5. The number of carbonyl (C=O) groups excluding carboxylic acids is 2. The van der Waals surface area contributed by atoms with Crippen LogP contribution in [-0.4, -0.2) is 52.1 Å². The number of hydrogen-bond acceptors (Lipinski definition) is 5. The van der Waals surface area contributed by atoms with E-state index in [-0.39, 0.29) is 22.7 Å². The van der Waals surface area contributed by atoms with Crippen molar-refractivity contribution >= 4 is 33.1 Å². The van der Waals surface area contributed by atoms with Gasteiger partial charge in [-0.25, -0.2) is 4.98 Å². The monoisotopic (exact) mass is 499 g/mol. The zero-order valence-electron chi connectivity index (χ0n) is 21.2. The van der Waals surface area contributed by atoms with E-state index in [1.165, 1.54) is 0 Å². The van der Waals surface area contributed by atoms with Crippen molar-refractivity contribution in [1.82, 2.24) is 4.98 Å². The minimum Gasteiger partial charge on any atom is -0.292 e. The molecule has 0 saturated heterocycles. The van der Waals surface area contributed by atoms with Crippen molar-refractivity contribution < 1.29 is 27.1 Å². The Bertz CT molecular complexity index is 1260. The van der Waals surface area contributed by atoms with E-state index in [2.05, 4.69) is 29.5 Å². The number of benzene rings is 1. The molecule has 2 heterocycles. The van der Waals surface area contributed by atoms with Gasteiger partial charge < -0.3 is 0 Å². The lowest BCUT2D eigenvalue weighted by atomic mass is 9.81. The summed E-state index contributed by atoms with van der Waals surface area (Å²) in [4.78, 5) is 29.7. The van der Waals surface area contributed by atoms with Crippen molar-refractivity contribution in [3.63, 3.8) is 0 Å². The smallest absolute Gasteiger partial charge is 0.265 e. The molecule has 8 heteroatoms. The van der Waals surface area contributed by atoms with E-state index < -0.39 is 10.1 Å². The third-order valence-corrected chi connectivity index (χ3v) is 7.54. The first-order chi connectivity index (χ1) is 16.4. The summed E-state index contributed by atoms with van der Waals surface area (Å²) >= 11 is 0. The molecule has 35 heavy (non-hydrogen) atoms. The zero-order chi connectivity index (χ0) is 26.0. The Balaban J connectivity index is 2.05. The van der Waals surface area contributed by atoms with Crippen LogP contribution in [0, 0.1) is 0 Å². The number of Topliss-reactive ketones (excluding diaryl/α,β-unsaturated/α-hetero) is 2. The van der Waals surface area contributed by atoms with Gasteiger partial charge in [-0.05, 0) is 62.1 Å². The molecule has 0 aliphatic carbocycles. The largest absolute Gasteiger partial charge is 0.292 e. The van der Waals surface area contributed by atoms with E-state index in [1.807, 2.05) is 32.9 Å². The molecule has 188 valence electrons. The number of fused-ring (bicyclic) bond motifs is 1. The molecule has 0 unspecified atom stereocenters. The lowest BCUT2D eigenvalue weighted by Gasteiger charge is -2.16. The highest BCUT2D eigenvalue weighted by molar-refractivity contribution is 7.85. The van der Waals surface area contributed by atoms with Crippen LogP contribution in [0.1, 0.15) is 93.3 Å². The number of ketones is 2. The highest BCUT2D eigenvalue weighted by Gasteiger charge is 2.43. The van der Waals surface area contributed by atoms with Gasteiger partial charge in [0.15, 0.2) is 17.3 Å². The van der Waals surface area contributed by atoms with Crippen LogP contribution in [0.5, 0.6) is 0 Å². The standard InChI is InChI=1S/C27H34N2O5S/c1-6-9-25(30)22-16-20(17-23(28-22)26(31)10-7-2)19-11-12-24-21(15-19)27(4,5)18(3)29(24)13-8-14-35(32,33)34/h11-12,15-17H,6-10,13-14H2,1-5H3/p+1. The molecular weight excluding hydrogens is 464 g/mol. The molecule has 1 aromatic heterocycles. The van der Waals surface area contributed by atoms with Crippen LogP contribution in [0.2, 0.25) is 0 Å². The third kappa shape index (κ3) is 5.93. The molecule has 2 aromatic rings. The van der Waals surface area contributed by atoms with Crippen molar-refractivity contribution in [2.75, 3.05) is 12.3 Å². The average molecular weight is 500 g/mol. The number of aromatic nitrogens is 1. The van der Waals surface area contributed by atoms with Gasteiger partial charge in [0.2, 0.25) is 5.69 Å². The molecule has 1 aliphatic heterocycles. The Morgan fingerprint density at radius 3 is 2.06 bits per heavy atom. The fourth-order valence-corrected chi connectivity index (χ4v) is 5.04. The van der Waals surface area contributed by atoms with E-state index in [4.69, 9.17) is 4.55 Å². The van der Waals surface area contributed by atoms with Gasteiger partial charge in [0.25, 0.3) is 10.1 Å². The third-order valence-electron chi connectivity index (χ3n) is 6.74. The van der Waals surface area contributed by atoms with Crippen LogP contribution in [0.4, 0.5) is 5.69 Å². The highest BCUT2D eigenvalue weighted by atomic mass is 32.2. The number of pyridine rings is 1. The molecule has 0 saturated carbocycles. The van der Waals surface area contributed by atoms with Gasteiger partial charge in [-0.3, -0.25) is 14.1 Å². The first-order valence-corrected chi connectivity index (χ1v) is 13.8. The van der Waals surface area contributed by atoms with Crippen LogP contribution < -0.4 is 0 Å². The zero-order valence-corrected chi connectivity index (χ0v) is 22.0. The van der Waals surface area contributed by atoms with Crippen molar-refractivity contribution in [2.24, 2.45) is 0 Å². The SMILES string of the molecule is CCCC(=O)c1cc(-c2ccc3c(c2)C(C)(C)C(C)=[N+]3CCCS(=O)(=O)O)cc(C(=O)CCC)n1. The van der Waals surface area contributed by atoms with Crippen LogP contribution in [0.15, 0.2) is 30.3 Å². The molecule has 0 spiro atoms. The van der Waals surface area contributed by atoms with Gasteiger partial charge in [-0.15, -0.1) is 0 Å². The fraction of sp³-hybridized carbons (Fsp3) is 0.481. The van der Waals surface area contributed by atoms with Gasteiger partial charge in [0.05, 0.1) is 11.2 Å². The van der Waals surface area contributed by atoms with Crippen LogP contribution in [-0.2, 0) is 15.5 Å². The van der Waals surface area contributed by atoms with Gasteiger partial charge in [0.1, 0.15) is 17.9 Å². The summed E-state index contributed by atoms with van der Waals surface area (Å²) in [6.07, 6.45) is 2.48. The predicted molar refractivity (Wildman–Crippen MR) is 138 cm³/mol. The van der Waals surface area contributed by atoms with Crippen molar-refractivity contribution in [1.29, 1.82) is 0 Å². The normalized spacial score (nSPS) is 14.8. The summed E-state index contributed by atoms with van der Waals surface area (Å²) in [6, 6.07) is 9.58. The Hall–Kier alpha value is -2.71. The molecule has 0 fully saturated rings. The maximum absolute atomic E-state index is 12.7. The van der Waals surface area contributed by atoms with E-state index in [0.29, 0.717) is 50.0 Å². The Labute approximate surface area is 208 Å². The molecule has 7 nitrogen and oxygen atoms in total. The summed E-state index contributed by atoms with van der Waals surface area (Å²) in [5.74, 6) is -0.434. The predicted octanol–water partition coefficient (Wildman–Crippen LogP) is 5.39. The van der Waals surface area contributed by atoms with Crippen molar-refractivity contribution in [2.45, 2.75) is 72.1 Å². The molecule has 1 aromatic carbocycles. The van der Waals surface area contributed by atoms with Crippen LogP contribution >= 0.6 is 0 Å². The van der Waals surface area contributed by atoms with Crippen molar-refractivity contribution in [3.05, 3.63) is 47.3 Å². The van der Waals surface area contributed by atoms with E-state index >= 15 is 0 Å². The molecule has 1 aliphatic rings. The van der Waals surface area contributed by atoms with Gasteiger partial charge >= 0.3 is 0 Å². The summed E-state index contributed by atoms with van der Waals surface area (Å²) in [6.45, 7) is 10.6. The molecule has 0 atom stereocenters. The summed E-state index contributed by atoms with van der Waals surface area (Å²) in [7, 11) is -4.01. The summed E-state index contributed by atoms with van der Waals surface area (Å²) in [5, 5.41) is 0. The molecule has 0 amide bonds. The van der Waals surface area contributed by atoms with Gasteiger partial charge in [0, 0.05) is 37.8 Å². The number of rotatable bonds is 11. The van der Waals surface area contributed by atoms with E-state index in [9.17, 15) is 18.0 Å². The maximum atomic E-state index is 12.7. The van der Waals surface area contributed by atoms with E-state index in [0.717, 1.165) is 28.1 Å². The molecule has 3 rings (SSSR count). The molecule has 0 radical (unpaired) electrons. The maximum Gasteiger partial charge on any atom is 0.265 e. The second kappa shape index (κ2) is 10.5. The fourth-order valence-electron chi connectivity index (χ4n) is 4.55. The number of hydrogen-bond donors (Lipinski definition) is 1. The lowest BCUT2D eigenvalue weighted by Crippen LogP contribution is -2.27. The average Bonchev–Trinajstić information content (AvgIpc) is 2.98. The summed E-state index contributed by atoms with van der Waals surface area (Å²) in [5.41, 5.74) is 5.17. The second-order valence-electron chi connectivity index (χ2n) is 9.71. The van der Waals surface area contributed by atoms with Crippen LogP contribution in [0.3, 0.4) is 0 Å². The van der Waals surface area contributed by atoms with Gasteiger partial charge in [-0.1, -0.05) is 13.8 Å². The quantitative estimate of drug-likeness (QED) is 0.253. The minimum absolute atomic E-state index is 0.0735. The molecule has 1 N–H and O–H groups in total. The second-order valence-corrected chi connectivity index (χ2v) is 11.3. The first kappa shape index (κ1) is 26.9. The van der Waals surface area contributed by atoms with Crippen molar-refractivity contribution in [3.8, 4) is 11.1 Å². The number of nitrogens with zero attached hydrogens (tertiary/aromatic N) is 2.